The van der Waals surface area contributed by atoms with Gasteiger partial charge in [-0.05, 0) is 44.7 Å². The van der Waals surface area contributed by atoms with E-state index in [1.807, 2.05) is 13.0 Å². The van der Waals surface area contributed by atoms with Crippen LogP contribution in [-0.2, 0) is 0 Å². The van der Waals surface area contributed by atoms with Crippen LogP contribution in [0.5, 0.6) is 5.75 Å². The fourth-order valence-electron chi connectivity index (χ4n) is 2.27. The van der Waals surface area contributed by atoms with E-state index in [2.05, 4.69) is 6.07 Å². The number of halogens is 1. The molecule has 18 heavy (non-hydrogen) atoms. The van der Waals surface area contributed by atoms with Gasteiger partial charge < -0.3 is 10.5 Å². The first kappa shape index (κ1) is 13.2. The summed E-state index contributed by atoms with van der Waals surface area (Å²) in [4.78, 5) is 0. The first-order valence-electron chi connectivity index (χ1n) is 6.23. The van der Waals surface area contributed by atoms with Gasteiger partial charge in [-0.3, -0.25) is 0 Å². The highest BCUT2D eigenvalue weighted by Crippen LogP contribution is 2.31. The highest BCUT2D eigenvalue weighted by Gasteiger charge is 2.21. The minimum Gasteiger partial charge on any atom is -0.490 e. The third-order valence-corrected chi connectivity index (χ3v) is 3.96. The van der Waals surface area contributed by atoms with Gasteiger partial charge in [-0.15, -0.1) is 0 Å². The van der Waals surface area contributed by atoms with E-state index >= 15 is 0 Å². The summed E-state index contributed by atoms with van der Waals surface area (Å²) in [6.45, 7) is 1.88. The molecule has 2 N–H and O–H groups in total. The standard InChI is InChI=1S/C14H17ClN2O/c1-9-13(7-2-10(8-16)14(9)15)18-12-5-3-11(17)4-6-12/h2,7,11-12H,3-6,17H2,1H3. The maximum atomic E-state index is 8.90. The second kappa shape index (κ2) is 5.60. The first-order valence-corrected chi connectivity index (χ1v) is 6.61. The van der Waals surface area contributed by atoms with E-state index in [0.717, 1.165) is 37.0 Å². The van der Waals surface area contributed by atoms with Crippen molar-refractivity contribution in [2.24, 2.45) is 5.73 Å². The molecule has 0 amide bonds. The van der Waals surface area contributed by atoms with Gasteiger partial charge in [0.05, 0.1) is 16.7 Å². The van der Waals surface area contributed by atoms with E-state index in [4.69, 9.17) is 27.3 Å². The molecular weight excluding hydrogens is 248 g/mol. The van der Waals surface area contributed by atoms with Gasteiger partial charge in [-0.25, -0.2) is 0 Å². The number of hydrogen-bond donors (Lipinski definition) is 1. The van der Waals surface area contributed by atoms with E-state index < -0.39 is 0 Å². The SMILES string of the molecule is Cc1c(OC2CCC(N)CC2)ccc(C#N)c1Cl. The molecule has 1 aromatic rings. The molecular formula is C14H17ClN2O. The fraction of sp³-hybridized carbons (Fsp3) is 0.500. The number of nitrogens with zero attached hydrogens (tertiary/aromatic N) is 1. The Labute approximate surface area is 112 Å². The lowest BCUT2D eigenvalue weighted by atomic mass is 9.93. The molecule has 1 aliphatic carbocycles. The zero-order valence-electron chi connectivity index (χ0n) is 10.4. The van der Waals surface area contributed by atoms with Crippen LogP contribution in [0.15, 0.2) is 12.1 Å². The van der Waals surface area contributed by atoms with Gasteiger partial charge in [0, 0.05) is 11.6 Å². The Kier molecular flexibility index (Phi) is 4.11. The molecule has 0 atom stereocenters. The predicted molar refractivity (Wildman–Crippen MR) is 71.8 cm³/mol. The predicted octanol–water partition coefficient (Wildman–Crippen LogP) is 3.17. The Balaban J connectivity index is 2.11. The number of ether oxygens (including phenoxy) is 1. The average molecular weight is 265 g/mol. The van der Waals surface area contributed by atoms with Gasteiger partial charge in [0.15, 0.2) is 0 Å². The van der Waals surface area contributed by atoms with E-state index in [1.165, 1.54) is 0 Å². The van der Waals surface area contributed by atoms with Gasteiger partial charge >= 0.3 is 0 Å². The maximum Gasteiger partial charge on any atom is 0.124 e. The van der Waals surface area contributed by atoms with Crippen molar-refractivity contribution in [3.63, 3.8) is 0 Å². The van der Waals surface area contributed by atoms with Crippen molar-refractivity contribution in [1.82, 2.24) is 0 Å². The lowest BCUT2D eigenvalue weighted by Crippen LogP contribution is -2.31. The Morgan fingerprint density at radius 1 is 1.33 bits per heavy atom. The van der Waals surface area contributed by atoms with Crippen LogP contribution in [-0.4, -0.2) is 12.1 Å². The second-order valence-corrected chi connectivity index (χ2v) is 5.19. The molecule has 1 saturated carbocycles. The van der Waals surface area contributed by atoms with Crippen molar-refractivity contribution in [2.45, 2.75) is 44.8 Å². The lowest BCUT2D eigenvalue weighted by Gasteiger charge is -2.27. The molecule has 0 bridgehead atoms. The fourth-order valence-corrected chi connectivity index (χ4v) is 2.47. The van der Waals surface area contributed by atoms with E-state index in [9.17, 15) is 0 Å². The number of hydrogen-bond acceptors (Lipinski definition) is 3. The van der Waals surface area contributed by atoms with Gasteiger partial charge in [0.2, 0.25) is 0 Å². The molecule has 0 radical (unpaired) electrons. The normalized spacial score (nSPS) is 23.4. The Morgan fingerprint density at radius 3 is 2.61 bits per heavy atom. The molecule has 1 aliphatic rings. The highest BCUT2D eigenvalue weighted by molar-refractivity contribution is 6.32. The van der Waals surface area contributed by atoms with E-state index in [1.54, 1.807) is 6.07 Å². The molecule has 0 aromatic heterocycles. The highest BCUT2D eigenvalue weighted by atomic mass is 35.5. The Morgan fingerprint density at radius 2 is 2.00 bits per heavy atom. The van der Waals surface area contributed by atoms with E-state index in [0.29, 0.717) is 16.6 Å². The summed E-state index contributed by atoms with van der Waals surface area (Å²) in [7, 11) is 0. The van der Waals surface area contributed by atoms with Crippen molar-refractivity contribution in [2.75, 3.05) is 0 Å². The Bertz CT molecular complexity index is 473. The van der Waals surface area contributed by atoms with Crippen LogP contribution in [0.4, 0.5) is 0 Å². The molecule has 0 heterocycles. The molecule has 2 rings (SSSR count). The van der Waals surface area contributed by atoms with Gasteiger partial charge in [0.1, 0.15) is 11.8 Å². The number of benzene rings is 1. The van der Waals surface area contributed by atoms with Crippen LogP contribution < -0.4 is 10.5 Å². The van der Waals surface area contributed by atoms with Gasteiger partial charge in [-0.1, -0.05) is 11.6 Å². The van der Waals surface area contributed by atoms with Crippen LogP contribution in [0.2, 0.25) is 5.02 Å². The molecule has 0 unspecified atom stereocenters. The second-order valence-electron chi connectivity index (χ2n) is 4.82. The first-order chi connectivity index (χ1) is 8.61. The van der Waals surface area contributed by atoms with Crippen LogP contribution in [0.3, 0.4) is 0 Å². The van der Waals surface area contributed by atoms with Crippen molar-refractivity contribution in [3.8, 4) is 11.8 Å². The minimum atomic E-state index is 0.215. The topological polar surface area (TPSA) is 59.0 Å². The van der Waals surface area contributed by atoms with Crippen LogP contribution >= 0.6 is 11.6 Å². The Hall–Kier alpha value is -1.24. The lowest BCUT2D eigenvalue weighted by molar-refractivity contribution is 0.146. The molecule has 1 fully saturated rings. The van der Waals surface area contributed by atoms with Crippen molar-refractivity contribution in [3.05, 3.63) is 28.3 Å². The number of rotatable bonds is 2. The summed E-state index contributed by atoms with van der Waals surface area (Å²) in [5.41, 5.74) is 7.20. The van der Waals surface area contributed by atoms with E-state index in [-0.39, 0.29) is 6.10 Å². The zero-order valence-corrected chi connectivity index (χ0v) is 11.2. The molecule has 0 saturated heterocycles. The van der Waals surface area contributed by atoms with Gasteiger partial charge in [0.25, 0.3) is 0 Å². The molecule has 4 heteroatoms. The molecule has 3 nitrogen and oxygen atoms in total. The largest absolute Gasteiger partial charge is 0.490 e. The van der Waals surface area contributed by atoms with Crippen LogP contribution in [0, 0.1) is 18.3 Å². The molecule has 96 valence electrons. The summed E-state index contributed by atoms with van der Waals surface area (Å²) in [5, 5.41) is 9.38. The summed E-state index contributed by atoms with van der Waals surface area (Å²) < 4.78 is 5.97. The summed E-state index contributed by atoms with van der Waals surface area (Å²) in [6, 6.07) is 5.92. The van der Waals surface area contributed by atoms with Crippen LogP contribution in [0.25, 0.3) is 0 Å². The number of nitrogens with two attached hydrogens (primary N) is 1. The van der Waals surface area contributed by atoms with Crippen molar-refractivity contribution in [1.29, 1.82) is 5.26 Å². The smallest absolute Gasteiger partial charge is 0.124 e. The molecule has 0 aliphatic heterocycles. The summed E-state index contributed by atoms with van der Waals surface area (Å²) >= 11 is 6.12. The quantitative estimate of drug-likeness (QED) is 0.893. The summed E-state index contributed by atoms with van der Waals surface area (Å²) in [5.74, 6) is 0.777. The van der Waals surface area contributed by atoms with Crippen molar-refractivity contribution < 1.29 is 4.74 Å². The molecule has 1 aromatic carbocycles. The third kappa shape index (κ3) is 2.77. The van der Waals surface area contributed by atoms with Gasteiger partial charge in [-0.2, -0.15) is 5.26 Å². The van der Waals surface area contributed by atoms with Crippen molar-refractivity contribution >= 4 is 11.6 Å². The number of nitriles is 1. The zero-order chi connectivity index (χ0) is 13.1. The average Bonchev–Trinajstić information content (AvgIpc) is 2.38. The summed E-state index contributed by atoms with van der Waals surface area (Å²) in [6.07, 6.45) is 4.20. The third-order valence-electron chi connectivity index (χ3n) is 3.47. The maximum absolute atomic E-state index is 8.90. The molecule has 0 spiro atoms. The van der Waals surface area contributed by atoms with Crippen LogP contribution in [0.1, 0.15) is 36.8 Å². The minimum absolute atomic E-state index is 0.215. The monoisotopic (exact) mass is 264 g/mol.